The second kappa shape index (κ2) is 9.85. The fraction of sp³-hybridized carbons (Fsp3) is 0.200. The Balaban J connectivity index is 1.37. The third-order valence-electron chi connectivity index (χ3n) is 6.89. The highest BCUT2D eigenvalue weighted by Gasteiger charge is 2.23. The van der Waals surface area contributed by atoms with E-state index >= 15 is 0 Å². The molecule has 7 nitrogen and oxygen atoms in total. The van der Waals surface area contributed by atoms with Gasteiger partial charge in [-0.1, -0.05) is 42.5 Å². The van der Waals surface area contributed by atoms with E-state index in [0.29, 0.717) is 0 Å². The van der Waals surface area contributed by atoms with Gasteiger partial charge in [-0.05, 0) is 36.4 Å². The van der Waals surface area contributed by atoms with Crippen molar-refractivity contribution < 1.29 is 9.47 Å². The number of rotatable bonds is 6. The maximum Gasteiger partial charge on any atom is 0.158 e. The lowest BCUT2D eigenvalue weighted by Gasteiger charge is -2.37. The van der Waals surface area contributed by atoms with Crippen LogP contribution in [-0.4, -0.2) is 55.0 Å². The van der Waals surface area contributed by atoms with Gasteiger partial charge in [-0.25, -0.2) is 4.98 Å². The molecule has 0 bridgehead atoms. The standard InChI is InChI=1S/C30H29N5O2/c1-36-24-14-12-23(13-15-24)26-20-29-31-25(22-8-4-3-5-9-22)21-30(35(29)32-26)34-18-16-33(17-19-34)27-10-6-7-11-28(27)37-2/h3-15,20-21H,16-19H2,1-2H3. The van der Waals surface area contributed by atoms with Gasteiger partial charge < -0.3 is 19.3 Å². The maximum atomic E-state index is 5.61. The quantitative estimate of drug-likeness (QED) is 0.317. The Morgan fingerprint density at radius 2 is 1.32 bits per heavy atom. The molecule has 0 saturated carbocycles. The van der Waals surface area contributed by atoms with E-state index in [1.807, 2.05) is 59.1 Å². The molecule has 0 N–H and O–H groups in total. The van der Waals surface area contributed by atoms with Crippen molar-refractivity contribution >= 4 is 17.2 Å². The molecule has 0 unspecified atom stereocenters. The number of hydrogen-bond donors (Lipinski definition) is 0. The van der Waals surface area contributed by atoms with E-state index in [2.05, 4.69) is 46.2 Å². The summed E-state index contributed by atoms with van der Waals surface area (Å²) in [5.41, 5.74) is 5.90. The highest BCUT2D eigenvalue weighted by molar-refractivity contribution is 5.71. The Morgan fingerprint density at radius 1 is 0.649 bits per heavy atom. The van der Waals surface area contributed by atoms with Crippen molar-refractivity contribution in [1.29, 1.82) is 0 Å². The summed E-state index contributed by atoms with van der Waals surface area (Å²) in [5, 5.41) is 4.99. The van der Waals surface area contributed by atoms with E-state index in [9.17, 15) is 0 Å². The molecular weight excluding hydrogens is 462 g/mol. The minimum absolute atomic E-state index is 0.825. The van der Waals surface area contributed by atoms with Gasteiger partial charge in [0.2, 0.25) is 0 Å². The highest BCUT2D eigenvalue weighted by Crippen LogP contribution is 2.31. The van der Waals surface area contributed by atoms with Crippen molar-refractivity contribution in [2.24, 2.45) is 0 Å². The third-order valence-corrected chi connectivity index (χ3v) is 6.89. The van der Waals surface area contributed by atoms with Crippen LogP contribution in [0, 0.1) is 0 Å². The second-order valence-electron chi connectivity index (χ2n) is 9.04. The summed E-state index contributed by atoms with van der Waals surface area (Å²) in [5.74, 6) is 2.78. The molecule has 3 aromatic carbocycles. The van der Waals surface area contributed by atoms with E-state index in [-0.39, 0.29) is 0 Å². The van der Waals surface area contributed by atoms with Crippen molar-refractivity contribution in [3.8, 4) is 34.0 Å². The molecule has 1 fully saturated rings. The van der Waals surface area contributed by atoms with Crippen LogP contribution in [0.2, 0.25) is 0 Å². The first-order valence-corrected chi connectivity index (χ1v) is 12.5. The fourth-order valence-corrected chi connectivity index (χ4v) is 4.91. The van der Waals surface area contributed by atoms with Gasteiger partial charge in [0, 0.05) is 49.4 Å². The van der Waals surface area contributed by atoms with E-state index in [0.717, 1.165) is 77.3 Å². The van der Waals surface area contributed by atoms with E-state index in [1.165, 1.54) is 0 Å². The number of piperazine rings is 1. The normalized spacial score (nSPS) is 13.7. The van der Waals surface area contributed by atoms with Gasteiger partial charge in [0.15, 0.2) is 5.65 Å². The lowest BCUT2D eigenvalue weighted by molar-refractivity contribution is 0.413. The molecule has 186 valence electrons. The summed E-state index contributed by atoms with van der Waals surface area (Å²) in [6.45, 7) is 3.50. The Morgan fingerprint density at radius 3 is 2.05 bits per heavy atom. The van der Waals surface area contributed by atoms with Gasteiger partial charge in [0.05, 0.1) is 31.3 Å². The average molecular weight is 492 g/mol. The van der Waals surface area contributed by atoms with Crippen molar-refractivity contribution in [1.82, 2.24) is 14.6 Å². The number of ether oxygens (including phenoxy) is 2. The number of fused-ring (bicyclic) bond motifs is 1. The molecule has 0 atom stereocenters. The van der Waals surface area contributed by atoms with Gasteiger partial charge >= 0.3 is 0 Å². The molecule has 7 heteroatoms. The number of hydrogen-bond acceptors (Lipinski definition) is 6. The third kappa shape index (κ3) is 4.44. The molecule has 1 saturated heterocycles. The Hall–Kier alpha value is -4.52. The lowest BCUT2D eigenvalue weighted by atomic mass is 10.1. The van der Waals surface area contributed by atoms with Crippen LogP contribution in [-0.2, 0) is 0 Å². The maximum absolute atomic E-state index is 5.61. The van der Waals surface area contributed by atoms with Crippen LogP contribution in [0.3, 0.4) is 0 Å². The fourth-order valence-electron chi connectivity index (χ4n) is 4.91. The molecule has 2 aromatic heterocycles. The Bertz CT molecular complexity index is 1510. The van der Waals surface area contributed by atoms with Crippen LogP contribution in [0.1, 0.15) is 0 Å². The van der Waals surface area contributed by atoms with Crippen LogP contribution in [0.4, 0.5) is 11.5 Å². The van der Waals surface area contributed by atoms with E-state index in [4.69, 9.17) is 19.6 Å². The largest absolute Gasteiger partial charge is 0.497 e. The monoisotopic (exact) mass is 491 g/mol. The first-order valence-electron chi connectivity index (χ1n) is 12.5. The zero-order valence-electron chi connectivity index (χ0n) is 21.0. The minimum Gasteiger partial charge on any atom is -0.497 e. The summed E-state index contributed by atoms with van der Waals surface area (Å²) < 4.78 is 12.9. The summed E-state index contributed by atoms with van der Waals surface area (Å²) in [6.07, 6.45) is 0. The number of anilines is 2. The molecular formula is C30H29N5O2. The summed E-state index contributed by atoms with van der Waals surface area (Å²) in [6, 6.07) is 30.7. The first-order chi connectivity index (χ1) is 18.2. The summed E-state index contributed by atoms with van der Waals surface area (Å²) in [7, 11) is 3.40. The average Bonchev–Trinajstić information content (AvgIpc) is 3.41. The molecule has 0 radical (unpaired) electrons. The summed E-state index contributed by atoms with van der Waals surface area (Å²) >= 11 is 0. The molecule has 0 spiro atoms. The van der Waals surface area contributed by atoms with E-state index in [1.54, 1.807) is 14.2 Å². The molecule has 1 aliphatic rings. The number of para-hydroxylation sites is 2. The van der Waals surface area contributed by atoms with Crippen LogP contribution >= 0.6 is 0 Å². The number of benzene rings is 3. The van der Waals surface area contributed by atoms with Crippen molar-refractivity contribution in [3.05, 3.63) is 91.0 Å². The predicted octanol–water partition coefficient (Wildman–Crippen LogP) is 5.41. The highest BCUT2D eigenvalue weighted by atomic mass is 16.5. The smallest absolute Gasteiger partial charge is 0.158 e. The topological polar surface area (TPSA) is 55.1 Å². The van der Waals surface area contributed by atoms with Crippen LogP contribution in [0.25, 0.3) is 28.2 Å². The van der Waals surface area contributed by atoms with Gasteiger partial charge in [0.1, 0.15) is 17.3 Å². The number of aromatic nitrogens is 3. The number of nitrogens with zero attached hydrogens (tertiary/aromatic N) is 5. The summed E-state index contributed by atoms with van der Waals surface area (Å²) in [4.78, 5) is 9.78. The van der Waals surface area contributed by atoms with Crippen LogP contribution < -0.4 is 19.3 Å². The molecule has 1 aliphatic heterocycles. The zero-order valence-corrected chi connectivity index (χ0v) is 21.0. The van der Waals surface area contributed by atoms with E-state index < -0.39 is 0 Å². The molecule has 5 aromatic rings. The van der Waals surface area contributed by atoms with Crippen molar-refractivity contribution in [2.45, 2.75) is 0 Å². The molecule has 37 heavy (non-hydrogen) atoms. The van der Waals surface area contributed by atoms with Crippen LogP contribution in [0.15, 0.2) is 91.0 Å². The predicted molar refractivity (Wildman–Crippen MR) is 148 cm³/mol. The molecule has 0 aliphatic carbocycles. The minimum atomic E-state index is 0.825. The molecule has 6 rings (SSSR count). The van der Waals surface area contributed by atoms with Crippen molar-refractivity contribution in [3.63, 3.8) is 0 Å². The number of methoxy groups -OCH3 is 2. The second-order valence-corrected chi connectivity index (χ2v) is 9.04. The molecule has 0 amide bonds. The van der Waals surface area contributed by atoms with Gasteiger partial charge in [0.25, 0.3) is 0 Å². The SMILES string of the molecule is COc1ccc(-c2cc3nc(-c4ccccc4)cc(N4CCN(c5ccccc5OC)CC4)n3n2)cc1. The Labute approximate surface area is 216 Å². The zero-order chi connectivity index (χ0) is 25.2. The van der Waals surface area contributed by atoms with Gasteiger partial charge in [-0.2, -0.15) is 9.61 Å². The van der Waals surface area contributed by atoms with Gasteiger partial charge in [-0.15, -0.1) is 0 Å². The van der Waals surface area contributed by atoms with Gasteiger partial charge in [-0.3, -0.25) is 0 Å². The molecule has 3 heterocycles. The van der Waals surface area contributed by atoms with Crippen molar-refractivity contribution in [2.75, 3.05) is 50.2 Å². The van der Waals surface area contributed by atoms with Crippen LogP contribution in [0.5, 0.6) is 11.5 Å². The first kappa shape index (κ1) is 22.9. The Kier molecular flexibility index (Phi) is 6.10. The lowest BCUT2D eigenvalue weighted by Crippen LogP contribution is -2.47.